The van der Waals surface area contributed by atoms with Gasteiger partial charge in [-0.3, -0.25) is 14.5 Å². The van der Waals surface area contributed by atoms with E-state index in [-0.39, 0.29) is 23.5 Å². The van der Waals surface area contributed by atoms with Crippen LogP contribution in [-0.4, -0.2) is 35.7 Å². The molecule has 0 aromatic heterocycles. The van der Waals surface area contributed by atoms with Gasteiger partial charge in [0.2, 0.25) is 0 Å². The summed E-state index contributed by atoms with van der Waals surface area (Å²) in [5, 5.41) is 2.79. The molecule has 3 aromatic rings. The van der Waals surface area contributed by atoms with Crippen molar-refractivity contribution in [2.45, 2.75) is 19.9 Å². The van der Waals surface area contributed by atoms with Gasteiger partial charge in [0.05, 0.1) is 5.69 Å². The van der Waals surface area contributed by atoms with Crippen LogP contribution in [0.4, 0.5) is 20.6 Å². The number of Topliss-reactive ketones (excluding diaryl/α,β-unsaturated/α-hetero) is 1. The predicted octanol–water partition coefficient (Wildman–Crippen LogP) is 5.11. The van der Waals surface area contributed by atoms with Crippen molar-refractivity contribution in [3.05, 3.63) is 95.3 Å². The highest BCUT2D eigenvalue weighted by molar-refractivity contribution is 6.09. The molecule has 1 saturated heterocycles. The van der Waals surface area contributed by atoms with Gasteiger partial charge in [-0.2, -0.15) is 0 Å². The van der Waals surface area contributed by atoms with E-state index in [4.69, 9.17) is 0 Å². The quantitative estimate of drug-likeness (QED) is 0.536. The monoisotopic (exact) mass is 445 g/mol. The van der Waals surface area contributed by atoms with E-state index in [1.54, 1.807) is 70.5 Å². The molecular formula is C26H24FN3O3. The predicted molar refractivity (Wildman–Crippen MR) is 125 cm³/mol. The Balaban J connectivity index is 1.51. The van der Waals surface area contributed by atoms with Crippen LogP contribution in [0.1, 0.15) is 39.6 Å². The van der Waals surface area contributed by atoms with Crippen LogP contribution in [-0.2, 0) is 6.54 Å². The van der Waals surface area contributed by atoms with Crippen molar-refractivity contribution in [1.82, 2.24) is 4.90 Å². The highest BCUT2D eigenvalue weighted by atomic mass is 19.1. The van der Waals surface area contributed by atoms with Crippen LogP contribution in [0.15, 0.2) is 72.8 Å². The first kappa shape index (κ1) is 22.2. The van der Waals surface area contributed by atoms with Crippen LogP contribution in [0.5, 0.6) is 0 Å². The molecule has 7 heteroatoms. The van der Waals surface area contributed by atoms with Crippen LogP contribution in [0.2, 0.25) is 0 Å². The van der Waals surface area contributed by atoms with Crippen LogP contribution in [0, 0.1) is 5.82 Å². The summed E-state index contributed by atoms with van der Waals surface area (Å²) in [5.74, 6) is -0.815. The van der Waals surface area contributed by atoms with Gasteiger partial charge in [0.1, 0.15) is 5.82 Å². The van der Waals surface area contributed by atoms with E-state index in [1.807, 2.05) is 0 Å². The second-order valence-corrected chi connectivity index (χ2v) is 7.94. The molecule has 1 heterocycles. The summed E-state index contributed by atoms with van der Waals surface area (Å²) in [4.78, 5) is 41.2. The lowest BCUT2D eigenvalue weighted by molar-refractivity contribution is 0.101. The number of rotatable bonds is 6. The van der Waals surface area contributed by atoms with Crippen LogP contribution < -0.4 is 10.2 Å². The number of halogens is 1. The Hall–Kier alpha value is -4.00. The zero-order valence-corrected chi connectivity index (χ0v) is 18.3. The number of amides is 3. The van der Waals surface area contributed by atoms with E-state index in [9.17, 15) is 18.8 Å². The maximum Gasteiger partial charge on any atom is 0.324 e. The van der Waals surface area contributed by atoms with E-state index in [0.29, 0.717) is 42.1 Å². The molecule has 1 aliphatic heterocycles. The summed E-state index contributed by atoms with van der Waals surface area (Å²) in [6.45, 7) is 2.98. The van der Waals surface area contributed by atoms with Gasteiger partial charge in [-0.1, -0.05) is 30.3 Å². The topological polar surface area (TPSA) is 69.7 Å². The number of urea groups is 1. The second kappa shape index (κ2) is 9.65. The molecule has 6 nitrogen and oxygen atoms in total. The zero-order chi connectivity index (χ0) is 23.4. The number of anilines is 2. The second-order valence-electron chi connectivity index (χ2n) is 7.94. The normalized spacial score (nSPS) is 13.7. The van der Waals surface area contributed by atoms with Gasteiger partial charge < -0.3 is 10.2 Å². The molecule has 4 rings (SSSR count). The fourth-order valence-corrected chi connectivity index (χ4v) is 3.89. The van der Waals surface area contributed by atoms with Crippen molar-refractivity contribution in [3.8, 4) is 0 Å². The Morgan fingerprint density at radius 3 is 2.48 bits per heavy atom. The minimum absolute atomic E-state index is 0.139. The molecule has 3 aromatic carbocycles. The minimum atomic E-state index is -0.363. The lowest BCUT2D eigenvalue weighted by atomic mass is 10.1. The number of carbonyl (C=O) groups excluding carboxylic acids is 3. The molecular weight excluding hydrogens is 421 g/mol. The summed E-state index contributed by atoms with van der Waals surface area (Å²) < 4.78 is 13.2. The van der Waals surface area contributed by atoms with Gasteiger partial charge in [-0.15, -0.1) is 0 Å². The fourth-order valence-electron chi connectivity index (χ4n) is 3.89. The van der Waals surface area contributed by atoms with Gasteiger partial charge >= 0.3 is 6.03 Å². The Bertz CT molecular complexity index is 1190. The van der Waals surface area contributed by atoms with Crippen molar-refractivity contribution in [3.63, 3.8) is 0 Å². The number of hydrogen-bond acceptors (Lipinski definition) is 3. The summed E-state index contributed by atoms with van der Waals surface area (Å²) in [7, 11) is 0. The molecule has 1 N–H and O–H groups in total. The van der Waals surface area contributed by atoms with Crippen LogP contribution >= 0.6 is 0 Å². The largest absolute Gasteiger partial charge is 0.324 e. The number of carbonyl (C=O) groups is 3. The molecule has 0 bridgehead atoms. The molecule has 1 aliphatic rings. The first-order valence-corrected chi connectivity index (χ1v) is 10.7. The highest BCUT2D eigenvalue weighted by Crippen LogP contribution is 2.24. The Morgan fingerprint density at radius 1 is 0.970 bits per heavy atom. The number of nitrogens with zero attached hydrogens (tertiary/aromatic N) is 2. The Labute approximate surface area is 191 Å². The molecule has 0 spiro atoms. The van der Waals surface area contributed by atoms with Crippen LogP contribution in [0.25, 0.3) is 0 Å². The minimum Gasteiger partial charge on any atom is -0.321 e. The molecule has 33 heavy (non-hydrogen) atoms. The molecule has 0 saturated carbocycles. The first-order chi connectivity index (χ1) is 15.9. The zero-order valence-electron chi connectivity index (χ0n) is 18.3. The summed E-state index contributed by atoms with van der Waals surface area (Å²) in [6, 6.07) is 19.6. The maximum absolute atomic E-state index is 13.2. The lowest BCUT2D eigenvalue weighted by Gasteiger charge is -2.35. The van der Waals surface area contributed by atoms with E-state index in [1.165, 1.54) is 19.1 Å². The smallest absolute Gasteiger partial charge is 0.321 e. The lowest BCUT2D eigenvalue weighted by Crippen LogP contribution is -2.49. The molecule has 0 unspecified atom stereocenters. The van der Waals surface area contributed by atoms with Crippen molar-refractivity contribution >= 4 is 29.1 Å². The average molecular weight is 445 g/mol. The van der Waals surface area contributed by atoms with E-state index in [0.717, 1.165) is 12.0 Å². The summed E-state index contributed by atoms with van der Waals surface area (Å²) >= 11 is 0. The molecule has 1 fully saturated rings. The van der Waals surface area contributed by atoms with Gasteiger partial charge in [0, 0.05) is 36.4 Å². The van der Waals surface area contributed by atoms with Gasteiger partial charge in [0.25, 0.3) is 5.91 Å². The molecule has 3 amide bonds. The molecule has 168 valence electrons. The van der Waals surface area contributed by atoms with Crippen molar-refractivity contribution in [1.29, 1.82) is 0 Å². The summed E-state index contributed by atoms with van der Waals surface area (Å²) in [6.07, 6.45) is 0.773. The third kappa shape index (κ3) is 5.09. The standard InChI is InChI=1S/C26H24FN3O3/c1-18(31)23-8-2-3-9-24(23)28-25(32)20-6-4-7-22(16-20)30-15-5-14-29(26(30)33)17-19-10-12-21(27)13-11-19/h2-4,6-13,16H,5,14-15,17H2,1H3,(H,28,32). The Morgan fingerprint density at radius 2 is 1.73 bits per heavy atom. The van der Waals surface area contributed by atoms with Crippen LogP contribution in [0.3, 0.4) is 0 Å². The molecule has 0 radical (unpaired) electrons. The van der Waals surface area contributed by atoms with E-state index in [2.05, 4.69) is 5.32 Å². The summed E-state index contributed by atoms with van der Waals surface area (Å²) in [5.41, 5.74) is 2.74. The van der Waals surface area contributed by atoms with Gasteiger partial charge in [-0.05, 0) is 61.4 Å². The number of para-hydroxylation sites is 1. The molecule has 0 aliphatic carbocycles. The number of ketones is 1. The Kier molecular flexibility index (Phi) is 6.49. The maximum atomic E-state index is 13.2. The third-order valence-corrected chi connectivity index (χ3v) is 5.57. The highest BCUT2D eigenvalue weighted by Gasteiger charge is 2.27. The number of nitrogens with one attached hydrogen (secondary N) is 1. The van der Waals surface area contributed by atoms with Gasteiger partial charge in [0.15, 0.2) is 5.78 Å². The van der Waals surface area contributed by atoms with Crippen molar-refractivity contribution in [2.75, 3.05) is 23.3 Å². The number of hydrogen-bond donors (Lipinski definition) is 1. The van der Waals surface area contributed by atoms with Crippen molar-refractivity contribution < 1.29 is 18.8 Å². The van der Waals surface area contributed by atoms with E-state index < -0.39 is 0 Å². The molecule has 0 atom stereocenters. The third-order valence-electron chi connectivity index (χ3n) is 5.57. The van der Waals surface area contributed by atoms with Gasteiger partial charge in [-0.25, -0.2) is 9.18 Å². The van der Waals surface area contributed by atoms with Crippen molar-refractivity contribution in [2.24, 2.45) is 0 Å². The first-order valence-electron chi connectivity index (χ1n) is 10.7. The SMILES string of the molecule is CC(=O)c1ccccc1NC(=O)c1cccc(N2CCCN(Cc3ccc(F)cc3)C2=O)c1. The van der Waals surface area contributed by atoms with E-state index >= 15 is 0 Å². The number of benzene rings is 3. The fraction of sp³-hybridized carbons (Fsp3) is 0.192. The average Bonchev–Trinajstić information content (AvgIpc) is 2.82.